The van der Waals surface area contributed by atoms with Crippen LogP contribution in [0.3, 0.4) is 0 Å². The highest BCUT2D eigenvalue weighted by atomic mass is 32.2. The number of esters is 5. The number of hydrogen-bond acceptors (Lipinski definition) is 19. The molecule has 0 aromatic rings. The maximum absolute atomic E-state index is 13.6. The molecule has 4 aliphatic heterocycles. The largest absolute Gasteiger partial charge is 0.466 e. The molecule has 0 aliphatic carbocycles. The number of amides is 1. The number of fused-ring (bicyclic) bond motifs is 3. The summed E-state index contributed by atoms with van der Waals surface area (Å²) in [5.74, 6) is -6.56. The van der Waals surface area contributed by atoms with Crippen LogP contribution in [-0.2, 0) is 85.6 Å². The van der Waals surface area contributed by atoms with E-state index in [9.17, 15) is 28.8 Å². The maximum Gasteiger partial charge on any atom is 0.349 e. The number of rotatable bonds is 15. The molecule has 4 aliphatic rings. The number of carbonyl (C=O) groups is 6. The summed E-state index contributed by atoms with van der Waals surface area (Å²) in [6, 6.07) is -1.28. The summed E-state index contributed by atoms with van der Waals surface area (Å²) in [4.78, 5) is 72.9. The van der Waals surface area contributed by atoms with E-state index in [1.54, 1.807) is 33.8 Å². The predicted molar refractivity (Wildman–Crippen MR) is 185 cm³/mol. The molecule has 20 heteroatoms. The fourth-order valence-electron chi connectivity index (χ4n) is 6.80. The molecular weight excluding hydrogens is 754 g/mol. The summed E-state index contributed by atoms with van der Waals surface area (Å²) in [6.45, 7) is 12.2. The molecule has 4 heterocycles. The summed E-state index contributed by atoms with van der Waals surface area (Å²) in [5.41, 5.74) is 0. The zero-order valence-corrected chi connectivity index (χ0v) is 33.3. The minimum Gasteiger partial charge on any atom is -0.466 e. The van der Waals surface area contributed by atoms with Crippen molar-refractivity contribution < 1.29 is 85.6 Å². The van der Waals surface area contributed by atoms with Crippen LogP contribution in [0.15, 0.2) is 11.5 Å². The van der Waals surface area contributed by atoms with Gasteiger partial charge in [-0.25, -0.2) is 4.79 Å². The van der Waals surface area contributed by atoms with E-state index in [0.717, 1.165) is 46.6 Å². The Morgan fingerprint density at radius 1 is 0.818 bits per heavy atom. The van der Waals surface area contributed by atoms with Crippen molar-refractivity contribution in [3.05, 3.63) is 11.5 Å². The molecule has 55 heavy (non-hydrogen) atoms. The zero-order chi connectivity index (χ0) is 40.9. The van der Waals surface area contributed by atoms with Crippen molar-refractivity contribution in [1.82, 2.24) is 5.32 Å². The average molecular weight is 806 g/mol. The molecule has 4 rings (SSSR count). The predicted octanol–water partition coefficient (Wildman–Crippen LogP) is 1.17. The van der Waals surface area contributed by atoms with Gasteiger partial charge in [0.1, 0.15) is 43.2 Å². The molecule has 11 atom stereocenters. The third-order valence-electron chi connectivity index (χ3n) is 8.60. The first-order chi connectivity index (χ1) is 25.7. The highest BCUT2D eigenvalue weighted by Gasteiger charge is 2.61. The van der Waals surface area contributed by atoms with Gasteiger partial charge in [0.15, 0.2) is 30.1 Å². The van der Waals surface area contributed by atoms with Gasteiger partial charge in [-0.2, -0.15) is 0 Å². The maximum atomic E-state index is 13.6. The molecule has 0 saturated carbocycles. The van der Waals surface area contributed by atoms with Crippen molar-refractivity contribution in [2.75, 3.05) is 26.9 Å². The minimum absolute atomic E-state index is 0.0149. The van der Waals surface area contributed by atoms with Crippen molar-refractivity contribution in [2.24, 2.45) is 0 Å². The van der Waals surface area contributed by atoms with Gasteiger partial charge in [0.25, 0.3) is 0 Å². The first-order valence-electron chi connectivity index (χ1n) is 17.6. The molecule has 0 spiro atoms. The number of hydrogen-bond donors (Lipinski definition) is 1. The summed E-state index contributed by atoms with van der Waals surface area (Å²) in [7, 11) is 1.11. The molecule has 4 saturated heterocycles. The van der Waals surface area contributed by atoms with Crippen LogP contribution in [0.25, 0.3) is 0 Å². The Hall–Kier alpha value is -3.37. The van der Waals surface area contributed by atoms with Gasteiger partial charge in [-0.15, -0.1) is 0 Å². The zero-order valence-electron chi connectivity index (χ0n) is 32.5. The topological polar surface area (TPSA) is 225 Å². The lowest BCUT2D eigenvalue weighted by atomic mass is 9.89. The van der Waals surface area contributed by atoms with E-state index in [1.165, 1.54) is 12.3 Å². The van der Waals surface area contributed by atoms with E-state index >= 15 is 0 Å². The lowest BCUT2D eigenvalue weighted by molar-refractivity contribution is -0.242. The molecule has 310 valence electrons. The normalized spacial score (nSPS) is 33.0. The van der Waals surface area contributed by atoms with Crippen molar-refractivity contribution in [3.8, 4) is 0 Å². The van der Waals surface area contributed by atoms with Gasteiger partial charge >= 0.3 is 29.8 Å². The molecule has 1 amide bonds. The molecule has 0 bridgehead atoms. The van der Waals surface area contributed by atoms with Crippen LogP contribution in [0.1, 0.15) is 68.7 Å². The number of thioether (sulfide) groups is 1. The number of nitrogens with one attached hydrogen (secondary N) is 1. The van der Waals surface area contributed by atoms with Crippen LogP contribution in [0.5, 0.6) is 0 Å². The Morgan fingerprint density at radius 3 is 2.05 bits per heavy atom. The minimum atomic E-state index is -2.01. The monoisotopic (exact) mass is 805 g/mol. The molecule has 1 N–H and O–H groups in total. The first kappa shape index (κ1) is 44.3. The van der Waals surface area contributed by atoms with E-state index < -0.39 is 120 Å². The summed E-state index contributed by atoms with van der Waals surface area (Å²) in [5, 5.41) is 4.13. The third kappa shape index (κ3) is 11.6. The fourth-order valence-corrected chi connectivity index (χ4v) is 7.80. The average Bonchev–Trinajstić information content (AvgIpc) is 3.56. The molecule has 19 nitrogen and oxygen atoms in total. The fraction of sp³-hybridized carbons (Fsp3) is 0.771. The van der Waals surface area contributed by atoms with Gasteiger partial charge in [-0.1, -0.05) is 17.8 Å². The van der Waals surface area contributed by atoms with Crippen LogP contribution in [-0.4, -0.2) is 140 Å². The lowest BCUT2D eigenvalue weighted by Gasteiger charge is -2.48. The standard InChI is InChI=1S/C35H51NO18S/c1-17(37)36-25-22(46-19(3)39)14-35(32(42)43-10,53-28(25)26(48-21(5)41)24(47-20(4)40)16-45-18(2)38)55-13-11-12-44-15-23-27-29(51-33(6,7)50-27)30-31(49-23)54-34(8,9)52-30/h11,13,22-31H,12,14-16H2,1-10H3,(H,36,37)/t22-,23?,24-,25-,26-,27+,28?,29?,30?,31-,35+/m1/s1. The van der Waals surface area contributed by atoms with Crippen molar-refractivity contribution >= 4 is 47.5 Å². The summed E-state index contributed by atoms with van der Waals surface area (Å²) >= 11 is 0.819. The van der Waals surface area contributed by atoms with Gasteiger partial charge in [-0.05, 0) is 33.1 Å². The Bertz CT molecular complexity index is 1470. The van der Waals surface area contributed by atoms with Gasteiger partial charge in [0.05, 0.1) is 26.4 Å². The molecule has 4 unspecified atom stereocenters. The summed E-state index contributed by atoms with van der Waals surface area (Å²) < 4.78 is 69.6. The van der Waals surface area contributed by atoms with Crippen molar-refractivity contribution in [2.45, 2.75) is 146 Å². The van der Waals surface area contributed by atoms with Crippen LogP contribution >= 0.6 is 11.8 Å². The Morgan fingerprint density at radius 2 is 1.45 bits per heavy atom. The second kappa shape index (κ2) is 18.3. The van der Waals surface area contributed by atoms with Crippen LogP contribution in [0, 0.1) is 0 Å². The van der Waals surface area contributed by atoms with Crippen LogP contribution < -0.4 is 5.32 Å². The smallest absolute Gasteiger partial charge is 0.349 e. The van der Waals surface area contributed by atoms with E-state index in [4.69, 9.17) is 56.8 Å². The van der Waals surface area contributed by atoms with E-state index in [0.29, 0.717) is 0 Å². The highest BCUT2D eigenvalue weighted by molar-refractivity contribution is 8.04. The van der Waals surface area contributed by atoms with Gasteiger partial charge in [0.2, 0.25) is 10.8 Å². The Balaban J connectivity index is 1.58. The second-order valence-electron chi connectivity index (χ2n) is 14.2. The third-order valence-corrected chi connectivity index (χ3v) is 9.74. The van der Waals surface area contributed by atoms with E-state index in [2.05, 4.69) is 5.32 Å². The SMILES string of the molecule is COC(=O)[C@@]1(SC=CCOCC2O[C@@H]3OC(C)(C)OC3C3OC(C)(C)O[C@@H]23)C[C@@H](OC(C)=O)[C@@H](NC(C)=O)C([C@H](OC(C)=O)[C@@H](COC(C)=O)OC(C)=O)O1. The molecular formula is C35H51NO18S. The van der Waals surface area contributed by atoms with E-state index in [1.807, 2.05) is 0 Å². The Labute approximate surface area is 322 Å². The number of methoxy groups -OCH3 is 1. The quantitative estimate of drug-likeness (QED) is 0.139. The van der Waals surface area contributed by atoms with Crippen LogP contribution in [0.4, 0.5) is 0 Å². The number of carbonyl (C=O) groups excluding carboxylic acids is 6. The van der Waals surface area contributed by atoms with Gasteiger partial charge in [-0.3, -0.25) is 24.0 Å². The lowest BCUT2D eigenvalue weighted by Crippen LogP contribution is -2.68. The number of ether oxygens (including phenoxy) is 12. The van der Waals surface area contributed by atoms with Crippen molar-refractivity contribution in [1.29, 1.82) is 0 Å². The Kier molecular flexibility index (Phi) is 14.7. The molecule has 0 radical (unpaired) electrons. The first-order valence-corrected chi connectivity index (χ1v) is 18.5. The van der Waals surface area contributed by atoms with Gasteiger partial charge in [0, 0.05) is 41.0 Å². The second-order valence-corrected chi connectivity index (χ2v) is 15.3. The molecule has 0 aromatic heterocycles. The highest BCUT2D eigenvalue weighted by Crippen LogP contribution is 2.45. The van der Waals surface area contributed by atoms with Gasteiger partial charge < -0.3 is 62.2 Å². The summed E-state index contributed by atoms with van der Waals surface area (Å²) in [6.07, 6.45) is -7.54. The molecule has 0 aromatic carbocycles. The van der Waals surface area contributed by atoms with E-state index in [-0.39, 0.29) is 19.6 Å². The molecule has 4 fully saturated rings. The van der Waals surface area contributed by atoms with Crippen LogP contribution in [0.2, 0.25) is 0 Å². The van der Waals surface area contributed by atoms with Crippen molar-refractivity contribution in [3.63, 3.8) is 0 Å².